The molecule has 0 amide bonds. The third kappa shape index (κ3) is 3.25. The molecule has 2 aromatic rings. The van der Waals surface area contributed by atoms with Crippen LogP contribution in [0.3, 0.4) is 0 Å². The number of aryl methyl sites for hydroxylation is 1. The minimum absolute atomic E-state index is 0.514. The zero-order valence-electron chi connectivity index (χ0n) is 14.6. The second-order valence-corrected chi connectivity index (χ2v) is 7.75. The molecular weight excluding hydrogens is 310 g/mol. The zero-order valence-corrected chi connectivity index (χ0v) is 14.6. The fourth-order valence-corrected chi connectivity index (χ4v) is 4.15. The highest BCUT2D eigenvalue weighted by Crippen LogP contribution is 2.32. The topological polar surface area (TPSA) is 53.9 Å². The maximum absolute atomic E-state index is 4.90. The van der Waals surface area contributed by atoms with Crippen LogP contribution in [0.2, 0.25) is 0 Å². The Labute approximate surface area is 148 Å². The highest BCUT2D eigenvalue weighted by molar-refractivity contribution is 5.60. The van der Waals surface area contributed by atoms with Crippen LogP contribution in [0.5, 0.6) is 0 Å². The van der Waals surface area contributed by atoms with Crippen molar-refractivity contribution in [2.45, 2.75) is 44.6 Å². The molecule has 1 saturated carbocycles. The molecule has 1 atom stereocenters. The fourth-order valence-electron chi connectivity index (χ4n) is 4.15. The third-order valence-electron chi connectivity index (χ3n) is 5.68. The molecule has 5 rings (SSSR count). The summed E-state index contributed by atoms with van der Waals surface area (Å²) in [6, 6.07) is 4.51. The minimum atomic E-state index is 0.514. The van der Waals surface area contributed by atoms with Crippen molar-refractivity contribution in [3.05, 3.63) is 35.8 Å². The van der Waals surface area contributed by atoms with E-state index >= 15 is 0 Å². The maximum Gasteiger partial charge on any atom is 0.163 e. The Balaban J connectivity index is 1.38. The fraction of sp³-hybridized carbons (Fsp3) is 0.550. The third-order valence-corrected chi connectivity index (χ3v) is 5.68. The molecule has 5 nitrogen and oxygen atoms in total. The van der Waals surface area contributed by atoms with Crippen molar-refractivity contribution in [1.29, 1.82) is 0 Å². The predicted octanol–water partition coefficient (Wildman–Crippen LogP) is 2.92. The molecule has 0 aromatic carbocycles. The van der Waals surface area contributed by atoms with Crippen LogP contribution in [0.1, 0.15) is 36.9 Å². The largest absolute Gasteiger partial charge is 0.366 e. The van der Waals surface area contributed by atoms with Gasteiger partial charge in [-0.1, -0.05) is 0 Å². The van der Waals surface area contributed by atoms with Gasteiger partial charge in [0.15, 0.2) is 5.82 Å². The summed E-state index contributed by atoms with van der Waals surface area (Å²) in [5, 5.41) is 3.76. The molecule has 2 fully saturated rings. The summed E-state index contributed by atoms with van der Waals surface area (Å²) in [5.41, 5.74) is 3.57. The minimum Gasteiger partial charge on any atom is -0.366 e. The van der Waals surface area contributed by atoms with Crippen LogP contribution in [0, 0.1) is 5.92 Å². The number of nitrogens with one attached hydrogen (secondary N) is 1. The van der Waals surface area contributed by atoms with Crippen LogP contribution in [0.25, 0.3) is 11.4 Å². The molecule has 130 valence electrons. The van der Waals surface area contributed by atoms with Gasteiger partial charge < -0.3 is 10.2 Å². The molecule has 0 spiro atoms. The van der Waals surface area contributed by atoms with Crippen LogP contribution in [0.4, 0.5) is 5.82 Å². The Kier molecular flexibility index (Phi) is 3.89. The average Bonchev–Trinajstić information content (AvgIpc) is 3.14. The number of anilines is 1. The molecular formula is C20H25N5. The summed E-state index contributed by atoms with van der Waals surface area (Å²) in [6.07, 6.45) is 11.1. The lowest BCUT2D eigenvalue weighted by Gasteiger charge is -2.18. The molecule has 2 aromatic heterocycles. The highest BCUT2D eigenvalue weighted by Gasteiger charge is 2.30. The number of pyridine rings is 1. The van der Waals surface area contributed by atoms with E-state index < -0.39 is 0 Å². The maximum atomic E-state index is 4.90. The molecule has 0 radical (unpaired) electrons. The second-order valence-electron chi connectivity index (χ2n) is 7.75. The van der Waals surface area contributed by atoms with Crippen molar-refractivity contribution >= 4 is 5.82 Å². The molecule has 3 heterocycles. The lowest BCUT2D eigenvalue weighted by atomic mass is 10.2. The Morgan fingerprint density at radius 2 is 2.12 bits per heavy atom. The number of likely N-dealkylation sites (tertiary alicyclic amines) is 1. The number of fused-ring (bicyclic) bond motifs is 1. The Hall–Kier alpha value is -2.01. The molecule has 25 heavy (non-hydrogen) atoms. The number of hydrogen-bond donors (Lipinski definition) is 1. The van der Waals surface area contributed by atoms with Crippen molar-refractivity contribution in [1.82, 2.24) is 19.9 Å². The van der Waals surface area contributed by atoms with Crippen molar-refractivity contribution in [3.63, 3.8) is 0 Å². The molecule has 5 heteroatoms. The standard InChI is InChI=1S/C20H25N5/c1-4-17-18(5-1)23-19(15-3-2-9-21-11-15)24-20(17)22-16-8-10-25(13-16)12-14-6-7-14/h2-3,9,11,14,16H,1,4-8,10,12-13H2,(H,22,23,24). The van der Waals surface area contributed by atoms with Gasteiger partial charge in [-0.05, 0) is 56.6 Å². The average molecular weight is 335 g/mol. The van der Waals surface area contributed by atoms with E-state index in [9.17, 15) is 0 Å². The summed E-state index contributed by atoms with van der Waals surface area (Å²) >= 11 is 0. The van der Waals surface area contributed by atoms with E-state index in [1.54, 1.807) is 6.20 Å². The van der Waals surface area contributed by atoms with Crippen molar-refractivity contribution in [2.24, 2.45) is 5.92 Å². The van der Waals surface area contributed by atoms with Gasteiger partial charge in [-0.25, -0.2) is 9.97 Å². The molecule has 3 aliphatic rings. The summed E-state index contributed by atoms with van der Waals surface area (Å²) in [5.74, 6) is 2.85. The van der Waals surface area contributed by atoms with E-state index in [0.717, 1.165) is 42.5 Å². The van der Waals surface area contributed by atoms with Gasteiger partial charge in [0.1, 0.15) is 5.82 Å². The van der Waals surface area contributed by atoms with Gasteiger partial charge >= 0.3 is 0 Å². The van der Waals surface area contributed by atoms with Gasteiger partial charge in [0.25, 0.3) is 0 Å². The smallest absolute Gasteiger partial charge is 0.163 e. The summed E-state index contributed by atoms with van der Waals surface area (Å²) in [7, 11) is 0. The lowest BCUT2D eigenvalue weighted by Crippen LogP contribution is -2.28. The Bertz CT molecular complexity index is 756. The summed E-state index contributed by atoms with van der Waals surface area (Å²) in [4.78, 5) is 16.6. The quantitative estimate of drug-likeness (QED) is 0.910. The Morgan fingerprint density at radius 1 is 1.16 bits per heavy atom. The van der Waals surface area contributed by atoms with Crippen molar-refractivity contribution < 1.29 is 0 Å². The van der Waals surface area contributed by atoms with Crippen LogP contribution in [-0.4, -0.2) is 45.5 Å². The normalized spacial score (nSPS) is 23.0. The molecule has 1 unspecified atom stereocenters. The first-order chi connectivity index (χ1) is 12.3. The summed E-state index contributed by atoms with van der Waals surface area (Å²) < 4.78 is 0. The van der Waals surface area contributed by atoms with E-state index in [-0.39, 0.29) is 0 Å². The predicted molar refractivity (Wildman–Crippen MR) is 98.5 cm³/mol. The van der Waals surface area contributed by atoms with Crippen molar-refractivity contribution in [2.75, 3.05) is 25.0 Å². The van der Waals surface area contributed by atoms with E-state index in [1.807, 2.05) is 18.3 Å². The Morgan fingerprint density at radius 3 is 2.96 bits per heavy atom. The van der Waals surface area contributed by atoms with Gasteiger partial charge in [0, 0.05) is 54.9 Å². The van der Waals surface area contributed by atoms with E-state index in [4.69, 9.17) is 9.97 Å². The van der Waals surface area contributed by atoms with Crippen LogP contribution in [-0.2, 0) is 12.8 Å². The van der Waals surface area contributed by atoms with Gasteiger partial charge in [0.2, 0.25) is 0 Å². The SMILES string of the molecule is c1cncc(-c2nc3c(c(NC4CCN(CC5CC5)C4)n2)CCC3)c1. The number of nitrogens with zero attached hydrogens (tertiary/aromatic N) is 4. The molecule has 0 bridgehead atoms. The first-order valence-electron chi connectivity index (χ1n) is 9.64. The van der Waals surface area contributed by atoms with Crippen LogP contribution < -0.4 is 5.32 Å². The molecule has 1 aliphatic heterocycles. The van der Waals surface area contributed by atoms with E-state index in [0.29, 0.717) is 6.04 Å². The number of hydrogen-bond acceptors (Lipinski definition) is 5. The molecule has 2 aliphatic carbocycles. The highest BCUT2D eigenvalue weighted by atomic mass is 15.2. The van der Waals surface area contributed by atoms with Crippen LogP contribution >= 0.6 is 0 Å². The molecule has 1 N–H and O–H groups in total. The lowest BCUT2D eigenvalue weighted by molar-refractivity contribution is 0.322. The number of aromatic nitrogens is 3. The zero-order chi connectivity index (χ0) is 16.6. The van der Waals surface area contributed by atoms with Gasteiger partial charge in [-0.3, -0.25) is 4.98 Å². The first-order valence-corrected chi connectivity index (χ1v) is 9.64. The molecule has 1 saturated heterocycles. The van der Waals surface area contributed by atoms with Gasteiger partial charge in [-0.2, -0.15) is 0 Å². The van der Waals surface area contributed by atoms with Gasteiger partial charge in [-0.15, -0.1) is 0 Å². The second kappa shape index (κ2) is 6.37. The van der Waals surface area contributed by atoms with E-state index in [2.05, 4.69) is 15.2 Å². The van der Waals surface area contributed by atoms with Crippen LogP contribution in [0.15, 0.2) is 24.5 Å². The monoisotopic (exact) mass is 335 g/mol. The number of rotatable bonds is 5. The summed E-state index contributed by atoms with van der Waals surface area (Å²) in [6.45, 7) is 3.66. The van der Waals surface area contributed by atoms with Gasteiger partial charge in [0.05, 0.1) is 0 Å². The van der Waals surface area contributed by atoms with Crippen molar-refractivity contribution in [3.8, 4) is 11.4 Å². The first kappa shape index (κ1) is 15.3. The van der Waals surface area contributed by atoms with E-state index in [1.165, 1.54) is 50.0 Å².